The van der Waals surface area contributed by atoms with Crippen molar-refractivity contribution in [2.45, 2.75) is 37.8 Å². The summed E-state index contributed by atoms with van der Waals surface area (Å²) in [6.45, 7) is 2.45. The largest absolute Gasteiger partial charge is 0.493 e. The van der Waals surface area contributed by atoms with E-state index in [2.05, 4.69) is 10.3 Å². The van der Waals surface area contributed by atoms with Crippen LogP contribution in [0.2, 0.25) is 0 Å². The zero-order valence-electron chi connectivity index (χ0n) is 14.2. The van der Waals surface area contributed by atoms with Crippen molar-refractivity contribution in [2.24, 2.45) is 5.73 Å². The fourth-order valence-corrected chi connectivity index (χ4v) is 3.78. The quantitative estimate of drug-likeness (QED) is 0.913. The molecule has 7 heteroatoms. The number of ether oxygens (including phenoxy) is 1. The van der Waals surface area contributed by atoms with Gasteiger partial charge in [0.05, 0.1) is 30.5 Å². The summed E-state index contributed by atoms with van der Waals surface area (Å²) in [7, 11) is 0. The standard InChI is InChI=1S/C18H23N5O2/c19-10-13-11-23(21-20-13)14-4-3-8-22(12-14)18(24)16-7-9-25-17-6-2-1-5-15(16)17/h1-2,5-6,11,14,16H,3-4,7-10,12,19H2. The Morgan fingerprint density at radius 1 is 1.32 bits per heavy atom. The lowest BCUT2D eigenvalue weighted by Gasteiger charge is -2.36. The number of carbonyl (C=O) groups excluding carboxylic acids is 1. The van der Waals surface area contributed by atoms with E-state index in [1.54, 1.807) is 0 Å². The molecule has 1 saturated heterocycles. The number of para-hydroxylation sites is 1. The van der Waals surface area contributed by atoms with E-state index in [9.17, 15) is 4.79 Å². The van der Waals surface area contributed by atoms with Gasteiger partial charge < -0.3 is 15.4 Å². The van der Waals surface area contributed by atoms with Crippen LogP contribution in [-0.2, 0) is 11.3 Å². The lowest BCUT2D eigenvalue weighted by atomic mass is 9.91. The van der Waals surface area contributed by atoms with Gasteiger partial charge in [-0.1, -0.05) is 23.4 Å². The first-order chi connectivity index (χ1) is 12.3. The second-order valence-corrected chi connectivity index (χ2v) is 6.70. The molecule has 1 fully saturated rings. The minimum Gasteiger partial charge on any atom is -0.493 e. The maximum absolute atomic E-state index is 13.2. The Balaban J connectivity index is 1.51. The molecule has 2 aliphatic rings. The van der Waals surface area contributed by atoms with E-state index in [0.29, 0.717) is 19.7 Å². The zero-order valence-corrected chi connectivity index (χ0v) is 14.2. The molecule has 3 heterocycles. The second kappa shape index (κ2) is 6.84. The lowest BCUT2D eigenvalue weighted by molar-refractivity contribution is -0.135. The zero-order chi connectivity index (χ0) is 17.2. The molecule has 0 saturated carbocycles. The molecular formula is C18H23N5O2. The van der Waals surface area contributed by atoms with Gasteiger partial charge in [-0.3, -0.25) is 4.79 Å². The molecule has 2 unspecified atom stereocenters. The maximum atomic E-state index is 13.2. The van der Waals surface area contributed by atoms with E-state index < -0.39 is 0 Å². The van der Waals surface area contributed by atoms with Gasteiger partial charge in [-0.15, -0.1) is 5.10 Å². The van der Waals surface area contributed by atoms with Crippen LogP contribution < -0.4 is 10.5 Å². The van der Waals surface area contributed by atoms with Crippen LogP contribution in [0.1, 0.15) is 42.5 Å². The third-order valence-corrected chi connectivity index (χ3v) is 5.11. The number of likely N-dealkylation sites (tertiary alicyclic amines) is 1. The molecule has 4 rings (SSSR count). The van der Waals surface area contributed by atoms with Crippen molar-refractivity contribution in [1.29, 1.82) is 0 Å². The van der Waals surface area contributed by atoms with E-state index in [1.165, 1.54) is 0 Å². The third-order valence-electron chi connectivity index (χ3n) is 5.11. The molecule has 1 amide bonds. The SMILES string of the molecule is NCc1cn(C2CCCN(C(=O)C3CCOc4ccccc43)C2)nn1. The van der Waals surface area contributed by atoms with Gasteiger partial charge in [0.2, 0.25) is 5.91 Å². The number of aromatic nitrogens is 3. The Bertz CT molecular complexity index is 759. The maximum Gasteiger partial charge on any atom is 0.230 e. The predicted octanol–water partition coefficient (Wildman–Crippen LogP) is 1.47. The molecule has 0 spiro atoms. The molecule has 2 aliphatic heterocycles. The minimum absolute atomic E-state index is 0.112. The van der Waals surface area contributed by atoms with Crippen molar-refractivity contribution in [3.63, 3.8) is 0 Å². The number of rotatable bonds is 3. The summed E-state index contributed by atoms with van der Waals surface area (Å²) in [5.74, 6) is 0.920. The number of amides is 1. The van der Waals surface area contributed by atoms with E-state index in [0.717, 1.165) is 42.8 Å². The molecule has 2 atom stereocenters. The van der Waals surface area contributed by atoms with Gasteiger partial charge >= 0.3 is 0 Å². The average Bonchev–Trinajstić information content (AvgIpc) is 3.16. The predicted molar refractivity (Wildman–Crippen MR) is 92.1 cm³/mol. The molecule has 25 heavy (non-hydrogen) atoms. The normalized spacial score (nSPS) is 23.0. The van der Waals surface area contributed by atoms with Crippen LogP contribution in [0.25, 0.3) is 0 Å². The fourth-order valence-electron chi connectivity index (χ4n) is 3.78. The summed E-state index contributed by atoms with van der Waals surface area (Å²) in [6, 6.07) is 8.03. The van der Waals surface area contributed by atoms with Crippen molar-refractivity contribution < 1.29 is 9.53 Å². The number of carbonyl (C=O) groups is 1. The molecule has 0 aliphatic carbocycles. The van der Waals surface area contributed by atoms with Crippen LogP contribution in [0, 0.1) is 0 Å². The van der Waals surface area contributed by atoms with Crippen molar-refractivity contribution in [1.82, 2.24) is 19.9 Å². The highest BCUT2D eigenvalue weighted by molar-refractivity contribution is 5.85. The molecule has 2 aromatic rings. The molecule has 7 nitrogen and oxygen atoms in total. The van der Waals surface area contributed by atoms with Gasteiger partial charge in [-0.25, -0.2) is 4.68 Å². The first-order valence-corrected chi connectivity index (χ1v) is 8.87. The Labute approximate surface area is 146 Å². The van der Waals surface area contributed by atoms with Gasteiger partial charge in [-0.05, 0) is 25.3 Å². The number of hydrogen-bond donors (Lipinski definition) is 1. The Morgan fingerprint density at radius 3 is 3.04 bits per heavy atom. The van der Waals surface area contributed by atoms with E-state index in [1.807, 2.05) is 40.0 Å². The number of nitrogens with two attached hydrogens (primary N) is 1. The molecule has 132 valence electrons. The smallest absolute Gasteiger partial charge is 0.230 e. The topological polar surface area (TPSA) is 86.3 Å². The Morgan fingerprint density at radius 2 is 2.20 bits per heavy atom. The lowest BCUT2D eigenvalue weighted by Crippen LogP contribution is -2.44. The van der Waals surface area contributed by atoms with Crippen molar-refractivity contribution in [2.75, 3.05) is 19.7 Å². The molecule has 0 radical (unpaired) electrons. The van der Waals surface area contributed by atoms with Gasteiger partial charge in [0.25, 0.3) is 0 Å². The summed E-state index contributed by atoms with van der Waals surface area (Å²) < 4.78 is 7.55. The first kappa shape index (κ1) is 16.1. The van der Waals surface area contributed by atoms with Crippen molar-refractivity contribution >= 4 is 5.91 Å². The van der Waals surface area contributed by atoms with E-state index in [-0.39, 0.29) is 17.9 Å². The number of piperidine rings is 1. The van der Waals surface area contributed by atoms with Gasteiger partial charge in [0.15, 0.2) is 0 Å². The summed E-state index contributed by atoms with van der Waals surface area (Å²) in [4.78, 5) is 15.1. The van der Waals surface area contributed by atoms with Crippen LogP contribution in [-0.4, -0.2) is 45.5 Å². The second-order valence-electron chi connectivity index (χ2n) is 6.70. The van der Waals surface area contributed by atoms with E-state index in [4.69, 9.17) is 10.5 Å². The van der Waals surface area contributed by atoms with Gasteiger partial charge in [0, 0.05) is 25.2 Å². The van der Waals surface area contributed by atoms with Crippen LogP contribution in [0.5, 0.6) is 5.75 Å². The van der Waals surface area contributed by atoms with Crippen LogP contribution in [0.15, 0.2) is 30.5 Å². The first-order valence-electron chi connectivity index (χ1n) is 8.87. The monoisotopic (exact) mass is 341 g/mol. The molecule has 2 N–H and O–H groups in total. The number of fused-ring (bicyclic) bond motifs is 1. The van der Waals surface area contributed by atoms with Crippen LogP contribution in [0.4, 0.5) is 0 Å². The average molecular weight is 341 g/mol. The highest BCUT2D eigenvalue weighted by atomic mass is 16.5. The van der Waals surface area contributed by atoms with Gasteiger partial charge in [-0.2, -0.15) is 0 Å². The Hall–Kier alpha value is -2.41. The minimum atomic E-state index is -0.112. The highest BCUT2D eigenvalue weighted by Gasteiger charge is 2.33. The molecule has 1 aromatic carbocycles. The summed E-state index contributed by atoms with van der Waals surface area (Å²) in [5.41, 5.74) is 7.40. The molecular weight excluding hydrogens is 318 g/mol. The van der Waals surface area contributed by atoms with E-state index >= 15 is 0 Å². The van der Waals surface area contributed by atoms with Crippen molar-refractivity contribution in [3.8, 4) is 5.75 Å². The number of benzene rings is 1. The van der Waals surface area contributed by atoms with Crippen LogP contribution in [0.3, 0.4) is 0 Å². The Kier molecular flexibility index (Phi) is 4.40. The molecule has 0 bridgehead atoms. The van der Waals surface area contributed by atoms with Gasteiger partial charge in [0.1, 0.15) is 5.75 Å². The van der Waals surface area contributed by atoms with Crippen molar-refractivity contribution in [3.05, 3.63) is 41.7 Å². The summed E-state index contributed by atoms with van der Waals surface area (Å²) >= 11 is 0. The fraction of sp³-hybridized carbons (Fsp3) is 0.500. The number of nitrogens with zero attached hydrogens (tertiary/aromatic N) is 4. The summed E-state index contributed by atoms with van der Waals surface area (Å²) in [6.07, 6.45) is 4.60. The third kappa shape index (κ3) is 3.11. The van der Waals surface area contributed by atoms with Crippen LogP contribution >= 0.6 is 0 Å². The number of hydrogen-bond acceptors (Lipinski definition) is 5. The highest BCUT2D eigenvalue weighted by Crippen LogP contribution is 2.35. The molecule has 1 aromatic heterocycles. The summed E-state index contributed by atoms with van der Waals surface area (Å²) in [5, 5.41) is 8.25.